The van der Waals surface area contributed by atoms with E-state index >= 15 is 0 Å². The zero-order valence-corrected chi connectivity index (χ0v) is 12.5. The molecule has 112 valence electrons. The van der Waals surface area contributed by atoms with E-state index in [0.717, 1.165) is 11.4 Å². The molecule has 6 heteroatoms. The van der Waals surface area contributed by atoms with Gasteiger partial charge in [-0.05, 0) is 26.0 Å². The van der Waals surface area contributed by atoms with E-state index in [0.29, 0.717) is 31.9 Å². The van der Waals surface area contributed by atoms with Gasteiger partial charge in [0.05, 0.1) is 18.6 Å². The normalized spacial score (nSPS) is 10.6. The summed E-state index contributed by atoms with van der Waals surface area (Å²) in [6, 6.07) is 5.82. The zero-order chi connectivity index (χ0) is 15.2. The Hall–Kier alpha value is -2.21. The molecule has 0 bridgehead atoms. The zero-order valence-electron chi connectivity index (χ0n) is 12.5. The third-order valence-electron chi connectivity index (χ3n) is 3.21. The van der Waals surface area contributed by atoms with Crippen LogP contribution in [0.3, 0.4) is 0 Å². The third-order valence-corrected chi connectivity index (χ3v) is 3.21. The molecular formula is C15H21N5O. The summed E-state index contributed by atoms with van der Waals surface area (Å²) in [5.41, 5.74) is 7.77. The molecule has 6 nitrogen and oxygen atoms in total. The Morgan fingerprint density at radius 3 is 2.90 bits per heavy atom. The van der Waals surface area contributed by atoms with Crippen LogP contribution in [-0.4, -0.2) is 38.4 Å². The van der Waals surface area contributed by atoms with Gasteiger partial charge in [0.2, 0.25) is 0 Å². The van der Waals surface area contributed by atoms with Crippen LogP contribution in [0, 0.1) is 6.92 Å². The van der Waals surface area contributed by atoms with Gasteiger partial charge in [-0.15, -0.1) is 0 Å². The maximum atomic E-state index is 12.5. The van der Waals surface area contributed by atoms with Crippen LogP contribution >= 0.6 is 0 Å². The number of rotatable bonds is 6. The fraction of sp³-hybridized carbons (Fsp3) is 0.400. The van der Waals surface area contributed by atoms with E-state index in [1.807, 2.05) is 36.6 Å². The molecule has 2 N–H and O–H groups in total. The second-order valence-electron chi connectivity index (χ2n) is 4.88. The SMILES string of the molecule is CCN(Cc1cccc(C)n1)C(=O)c1cn(CCN)cn1. The van der Waals surface area contributed by atoms with Gasteiger partial charge in [-0.2, -0.15) is 0 Å². The molecule has 0 atom stereocenters. The van der Waals surface area contributed by atoms with E-state index in [2.05, 4.69) is 9.97 Å². The van der Waals surface area contributed by atoms with Crippen molar-refractivity contribution in [2.75, 3.05) is 13.1 Å². The van der Waals surface area contributed by atoms with Crippen LogP contribution in [0.15, 0.2) is 30.7 Å². The van der Waals surface area contributed by atoms with Crippen LogP contribution in [0.4, 0.5) is 0 Å². The average molecular weight is 287 g/mol. The summed E-state index contributed by atoms with van der Waals surface area (Å²) in [5, 5.41) is 0. The van der Waals surface area contributed by atoms with E-state index in [-0.39, 0.29) is 5.91 Å². The van der Waals surface area contributed by atoms with Gasteiger partial charge in [0.1, 0.15) is 5.69 Å². The summed E-state index contributed by atoms with van der Waals surface area (Å²) in [6.45, 7) is 6.17. The smallest absolute Gasteiger partial charge is 0.274 e. The molecule has 0 aromatic carbocycles. The Bertz CT molecular complexity index is 608. The summed E-state index contributed by atoms with van der Waals surface area (Å²) in [6.07, 6.45) is 3.38. The van der Waals surface area contributed by atoms with Gasteiger partial charge in [-0.1, -0.05) is 6.07 Å². The van der Waals surface area contributed by atoms with Crippen LogP contribution in [0.5, 0.6) is 0 Å². The van der Waals surface area contributed by atoms with Gasteiger partial charge >= 0.3 is 0 Å². The van der Waals surface area contributed by atoms with Crippen molar-refractivity contribution >= 4 is 5.91 Å². The molecular weight excluding hydrogens is 266 g/mol. The van der Waals surface area contributed by atoms with Gasteiger partial charge in [0.25, 0.3) is 5.91 Å². The quantitative estimate of drug-likeness (QED) is 0.866. The number of aryl methyl sites for hydroxylation is 1. The number of imidazole rings is 1. The summed E-state index contributed by atoms with van der Waals surface area (Å²) < 4.78 is 1.83. The first-order chi connectivity index (χ1) is 10.1. The van der Waals surface area contributed by atoms with E-state index in [4.69, 9.17) is 5.73 Å². The number of pyridine rings is 1. The summed E-state index contributed by atoms with van der Waals surface area (Å²) in [5.74, 6) is -0.0865. The topological polar surface area (TPSA) is 77.0 Å². The highest BCUT2D eigenvalue weighted by atomic mass is 16.2. The average Bonchev–Trinajstić information content (AvgIpc) is 2.93. The lowest BCUT2D eigenvalue weighted by Crippen LogP contribution is -2.31. The van der Waals surface area contributed by atoms with Crippen molar-refractivity contribution in [1.82, 2.24) is 19.4 Å². The second kappa shape index (κ2) is 6.99. The lowest BCUT2D eigenvalue weighted by Gasteiger charge is -2.19. The van der Waals surface area contributed by atoms with Crippen LogP contribution in [0.1, 0.15) is 28.8 Å². The van der Waals surface area contributed by atoms with Gasteiger partial charge in [-0.3, -0.25) is 9.78 Å². The standard InChI is InChI=1S/C15H21N5O/c1-3-20(9-13-6-4-5-12(2)18-13)15(21)14-10-19(8-7-16)11-17-14/h4-6,10-11H,3,7-9,16H2,1-2H3. The predicted octanol–water partition coefficient (Wildman–Crippen LogP) is 1.21. The number of carbonyl (C=O) groups excluding carboxylic acids is 1. The lowest BCUT2D eigenvalue weighted by atomic mass is 10.3. The molecule has 0 radical (unpaired) electrons. The molecule has 0 unspecified atom stereocenters. The minimum atomic E-state index is -0.0865. The number of amides is 1. The van der Waals surface area contributed by atoms with Gasteiger partial charge < -0.3 is 15.2 Å². The highest BCUT2D eigenvalue weighted by Gasteiger charge is 2.17. The third kappa shape index (κ3) is 3.88. The molecule has 0 aliphatic heterocycles. The van der Waals surface area contributed by atoms with Crippen LogP contribution in [0.25, 0.3) is 0 Å². The largest absolute Gasteiger partial charge is 0.335 e. The van der Waals surface area contributed by atoms with Crippen molar-refractivity contribution in [3.05, 3.63) is 47.8 Å². The minimum Gasteiger partial charge on any atom is -0.335 e. The number of hydrogen-bond donors (Lipinski definition) is 1. The fourth-order valence-corrected chi connectivity index (χ4v) is 2.11. The van der Waals surface area contributed by atoms with Gasteiger partial charge in [-0.25, -0.2) is 4.98 Å². The van der Waals surface area contributed by atoms with Crippen LogP contribution < -0.4 is 5.73 Å². The van der Waals surface area contributed by atoms with Crippen LogP contribution in [-0.2, 0) is 13.1 Å². The first-order valence-corrected chi connectivity index (χ1v) is 7.07. The Labute approximate surface area is 124 Å². The van der Waals surface area contributed by atoms with E-state index in [1.54, 1.807) is 17.4 Å². The van der Waals surface area contributed by atoms with Crippen LogP contribution in [0.2, 0.25) is 0 Å². The first kappa shape index (κ1) is 15.2. The fourth-order valence-electron chi connectivity index (χ4n) is 2.11. The maximum Gasteiger partial charge on any atom is 0.274 e. The lowest BCUT2D eigenvalue weighted by molar-refractivity contribution is 0.0745. The Morgan fingerprint density at radius 1 is 1.43 bits per heavy atom. The highest BCUT2D eigenvalue weighted by Crippen LogP contribution is 2.08. The Morgan fingerprint density at radius 2 is 2.24 bits per heavy atom. The molecule has 0 saturated carbocycles. The minimum absolute atomic E-state index is 0.0865. The molecule has 2 aromatic heterocycles. The summed E-state index contributed by atoms with van der Waals surface area (Å²) in [7, 11) is 0. The van der Waals surface area contributed by atoms with Crippen molar-refractivity contribution in [2.24, 2.45) is 5.73 Å². The van der Waals surface area contributed by atoms with E-state index in [9.17, 15) is 4.79 Å². The van der Waals surface area contributed by atoms with E-state index < -0.39 is 0 Å². The van der Waals surface area contributed by atoms with Crippen molar-refractivity contribution in [3.8, 4) is 0 Å². The van der Waals surface area contributed by atoms with Crippen molar-refractivity contribution in [2.45, 2.75) is 26.9 Å². The molecule has 0 fully saturated rings. The Balaban J connectivity index is 2.10. The second-order valence-corrected chi connectivity index (χ2v) is 4.88. The highest BCUT2D eigenvalue weighted by molar-refractivity contribution is 5.92. The number of hydrogen-bond acceptors (Lipinski definition) is 4. The number of nitrogens with two attached hydrogens (primary N) is 1. The number of nitrogens with zero attached hydrogens (tertiary/aromatic N) is 4. The summed E-state index contributed by atoms with van der Waals surface area (Å²) >= 11 is 0. The molecule has 0 spiro atoms. The monoisotopic (exact) mass is 287 g/mol. The molecule has 2 aromatic rings. The molecule has 21 heavy (non-hydrogen) atoms. The molecule has 2 heterocycles. The van der Waals surface area contributed by atoms with E-state index in [1.165, 1.54) is 0 Å². The molecule has 1 amide bonds. The van der Waals surface area contributed by atoms with Gasteiger partial charge in [0, 0.05) is 31.5 Å². The van der Waals surface area contributed by atoms with Crippen molar-refractivity contribution in [3.63, 3.8) is 0 Å². The molecule has 0 aliphatic carbocycles. The Kier molecular flexibility index (Phi) is 5.05. The molecule has 2 rings (SSSR count). The number of carbonyl (C=O) groups is 1. The van der Waals surface area contributed by atoms with Crippen molar-refractivity contribution in [1.29, 1.82) is 0 Å². The summed E-state index contributed by atoms with van der Waals surface area (Å²) in [4.78, 5) is 22.8. The molecule has 0 saturated heterocycles. The predicted molar refractivity (Wildman–Crippen MR) is 80.7 cm³/mol. The maximum absolute atomic E-state index is 12.5. The molecule has 0 aliphatic rings. The number of aromatic nitrogens is 3. The first-order valence-electron chi connectivity index (χ1n) is 7.07. The van der Waals surface area contributed by atoms with Crippen molar-refractivity contribution < 1.29 is 4.79 Å². The van der Waals surface area contributed by atoms with Gasteiger partial charge in [0.15, 0.2) is 0 Å².